The summed E-state index contributed by atoms with van der Waals surface area (Å²) in [6, 6.07) is 2.72. The standard InChI is InChI=1S/C13H22N4O/c1-3-17(11-6-15-7-11)8-12(18)16-13(2,9-14)10-4-5-10/h10-11,15H,3-8H2,1-2H3,(H,16,18). The van der Waals surface area contributed by atoms with Crippen LogP contribution in [0.5, 0.6) is 0 Å². The van der Waals surface area contributed by atoms with E-state index in [1.54, 1.807) is 0 Å². The fourth-order valence-corrected chi connectivity index (χ4v) is 2.43. The Morgan fingerprint density at radius 1 is 1.56 bits per heavy atom. The molecule has 0 aromatic heterocycles. The molecule has 18 heavy (non-hydrogen) atoms. The van der Waals surface area contributed by atoms with Crippen molar-refractivity contribution in [2.75, 3.05) is 26.2 Å². The molecule has 5 heteroatoms. The highest BCUT2D eigenvalue weighted by atomic mass is 16.2. The number of hydrogen-bond acceptors (Lipinski definition) is 4. The normalized spacial score (nSPS) is 23.0. The van der Waals surface area contributed by atoms with Crippen molar-refractivity contribution >= 4 is 5.91 Å². The second kappa shape index (κ2) is 5.25. The van der Waals surface area contributed by atoms with E-state index >= 15 is 0 Å². The lowest BCUT2D eigenvalue weighted by Gasteiger charge is -2.37. The van der Waals surface area contributed by atoms with E-state index in [2.05, 4.69) is 28.5 Å². The molecule has 5 nitrogen and oxygen atoms in total. The maximum Gasteiger partial charge on any atom is 0.235 e. The van der Waals surface area contributed by atoms with Crippen LogP contribution in [0, 0.1) is 17.2 Å². The molecule has 2 aliphatic rings. The van der Waals surface area contributed by atoms with Gasteiger partial charge in [0.2, 0.25) is 5.91 Å². The van der Waals surface area contributed by atoms with E-state index in [0.717, 1.165) is 32.5 Å². The zero-order valence-corrected chi connectivity index (χ0v) is 11.2. The molecule has 1 saturated heterocycles. The van der Waals surface area contributed by atoms with Crippen molar-refractivity contribution in [2.24, 2.45) is 5.92 Å². The molecule has 1 heterocycles. The average Bonchev–Trinajstić information content (AvgIpc) is 3.09. The highest BCUT2D eigenvalue weighted by molar-refractivity contribution is 5.79. The highest BCUT2D eigenvalue weighted by Crippen LogP contribution is 2.39. The largest absolute Gasteiger partial charge is 0.337 e. The van der Waals surface area contributed by atoms with Crippen LogP contribution >= 0.6 is 0 Å². The summed E-state index contributed by atoms with van der Waals surface area (Å²) in [5.74, 6) is 0.312. The lowest BCUT2D eigenvalue weighted by atomic mass is 9.98. The first-order valence-corrected chi connectivity index (χ1v) is 6.76. The van der Waals surface area contributed by atoms with Gasteiger partial charge in [0, 0.05) is 19.1 Å². The van der Waals surface area contributed by atoms with Crippen LogP contribution in [0.25, 0.3) is 0 Å². The van der Waals surface area contributed by atoms with Crippen molar-refractivity contribution in [3.05, 3.63) is 0 Å². The van der Waals surface area contributed by atoms with E-state index in [4.69, 9.17) is 0 Å². The Kier molecular flexibility index (Phi) is 3.88. The summed E-state index contributed by atoms with van der Waals surface area (Å²) >= 11 is 0. The number of amides is 1. The van der Waals surface area contributed by atoms with Crippen molar-refractivity contribution in [3.63, 3.8) is 0 Å². The Hall–Kier alpha value is -1.12. The molecule has 1 atom stereocenters. The third-order valence-corrected chi connectivity index (χ3v) is 4.05. The number of nitriles is 1. The third kappa shape index (κ3) is 2.82. The molecule has 2 rings (SSSR count). The van der Waals surface area contributed by atoms with Crippen molar-refractivity contribution in [2.45, 2.75) is 38.3 Å². The summed E-state index contributed by atoms with van der Waals surface area (Å²) in [6.45, 7) is 7.08. The van der Waals surface area contributed by atoms with Gasteiger partial charge in [-0.15, -0.1) is 0 Å². The fourth-order valence-electron chi connectivity index (χ4n) is 2.43. The van der Waals surface area contributed by atoms with Gasteiger partial charge in [0.05, 0.1) is 12.6 Å². The zero-order valence-electron chi connectivity index (χ0n) is 11.2. The van der Waals surface area contributed by atoms with Gasteiger partial charge < -0.3 is 10.6 Å². The Bertz CT molecular complexity index is 356. The monoisotopic (exact) mass is 250 g/mol. The zero-order chi connectivity index (χ0) is 13.2. The minimum Gasteiger partial charge on any atom is -0.337 e. The van der Waals surface area contributed by atoms with Gasteiger partial charge in [-0.2, -0.15) is 5.26 Å². The summed E-state index contributed by atoms with van der Waals surface area (Å²) < 4.78 is 0. The molecule has 100 valence electrons. The van der Waals surface area contributed by atoms with E-state index in [9.17, 15) is 10.1 Å². The molecule has 1 saturated carbocycles. The van der Waals surface area contributed by atoms with Gasteiger partial charge in [-0.25, -0.2) is 0 Å². The molecular formula is C13H22N4O. The molecule has 0 aromatic rings. The topological polar surface area (TPSA) is 68.2 Å². The molecule has 0 bridgehead atoms. The van der Waals surface area contributed by atoms with Crippen LogP contribution in [-0.2, 0) is 4.79 Å². The smallest absolute Gasteiger partial charge is 0.235 e. The first kappa shape index (κ1) is 13.3. The minimum atomic E-state index is -0.672. The summed E-state index contributed by atoms with van der Waals surface area (Å²) in [5, 5.41) is 15.3. The van der Waals surface area contributed by atoms with Crippen LogP contribution in [-0.4, -0.2) is 48.6 Å². The molecule has 0 radical (unpaired) electrons. The van der Waals surface area contributed by atoms with Gasteiger partial charge in [0.1, 0.15) is 5.54 Å². The predicted octanol–water partition coefficient (Wildman–Crippen LogP) is 0.0886. The number of rotatable bonds is 6. The van der Waals surface area contributed by atoms with E-state index in [-0.39, 0.29) is 5.91 Å². The van der Waals surface area contributed by atoms with E-state index in [1.807, 2.05) is 6.92 Å². The molecular weight excluding hydrogens is 228 g/mol. The van der Waals surface area contributed by atoms with Crippen LogP contribution < -0.4 is 10.6 Å². The maximum absolute atomic E-state index is 12.0. The summed E-state index contributed by atoms with van der Waals surface area (Å²) in [7, 11) is 0. The Labute approximate surface area is 109 Å². The maximum atomic E-state index is 12.0. The summed E-state index contributed by atoms with van der Waals surface area (Å²) in [4.78, 5) is 14.2. The van der Waals surface area contributed by atoms with E-state index in [1.165, 1.54) is 0 Å². The predicted molar refractivity (Wildman–Crippen MR) is 68.8 cm³/mol. The van der Waals surface area contributed by atoms with Crippen molar-refractivity contribution in [3.8, 4) is 6.07 Å². The SMILES string of the molecule is CCN(CC(=O)NC(C)(C#N)C1CC1)C1CNC1. The Balaban J connectivity index is 1.85. The third-order valence-electron chi connectivity index (χ3n) is 4.05. The molecule has 0 spiro atoms. The van der Waals surface area contributed by atoms with Crippen LogP contribution in [0.15, 0.2) is 0 Å². The first-order valence-electron chi connectivity index (χ1n) is 6.76. The van der Waals surface area contributed by atoms with Gasteiger partial charge >= 0.3 is 0 Å². The number of nitrogens with one attached hydrogen (secondary N) is 2. The molecule has 1 amide bonds. The van der Waals surface area contributed by atoms with Gasteiger partial charge in [-0.3, -0.25) is 9.69 Å². The molecule has 1 aliphatic heterocycles. The van der Waals surface area contributed by atoms with Crippen molar-refractivity contribution < 1.29 is 4.79 Å². The highest BCUT2D eigenvalue weighted by Gasteiger charge is 2.43. The quantitative estimate of drug-likeness (QED) is 0.701. The first-order chi connectivity index (χ1) is 8.59. The van der Waals surface area contributed by atoms with Gasteiger partial charge in [0.25, 0.3) is 0 Å². The second-order valence-electron chi connectivity index (χ2n) is 5.51. The average molecular weight is 250 g/mol. The molecule has 1 aliphatic carbocycles. The lowest BCUT2D eigenvalue weighted by molar-refractivity contribution is -0.124. The Morgan fingerprint density at radius 2 is 2.22 bits per heavy atom. The van der Waals surface area contributed by atoms with Crippen molar-refractivity contribution in [1.29, 1.82) is 5.26 Å². The molecule has 0 aromatic carbocycles. The van der Waals surface area contributed by atoms with Crippen LogP contribution in [0.4, 0.5) is 0 Å². The van der Waals surface area contributed by atoms with Crippen molar-refractivity contribution in [1.82, 2.24) is 15.5 Å². The van der Waals surface area contributed by atoms with Gasteiger partial charge in [-0.1, -0.05) is 6.92 Å². The molecule has 2 N–H and O–H groups in total. The summed E-state index contributed by atoms with van der Waals surface area (Å²) in [6.07, 6.45) is 2.10. The van der Waals surface area contributed by atoms with E-state index in [0.29, 0.717) is 18.5 Å². The van der Waals surface area contributed by atoms with Crippen LogP contribution in [0.3, 0.4) is 0 Å². The lowest BCUT2D eigenvalue weighted by Crippen LogP contribution is -2.60. The second-order valence-corrected chi connectivity index (χ2v) is 5.51. The number of hydrogen-bond donors (Lipinski definition) is 2. The fraction of sp³-hybridized carbons (Fsp3) is 0.846. The Morgan fingerprint density at radius 3 is 2.61 bits per heavy atom. The van der Waals surface area contributed by atoms with Gasteiger partial charge in [-0.05, 0) is 32.2 Å². The van der Waals surface area contributed by atoms with Crippen LogP contribution in [0.2, 0.25) is 0 Å². The minimum absolute atomic E-state index is 0.0281. The number of nitrogens with zero attached hydrogens (tertiary/aromatic N) is 2. The van der Waals surface area contributed by atoms with Gasteiger partial charge in [0.15, 0.2) is 0 Å². The molecule has 1 unspecified atom stereocenters. The van der Waals surface area contributed by atoms with E-state index < -0.39 is 5.54 Å². The summed E-state index contributed by atoms with van der Waals surface area (Å²) in [5.41, 5.74) is -0.672. The van der Waals surface area contributed by atoms with Crippen LogP contribution in [0.1, 0.15) is 26.7 Å². The number of carbonyl (C=O) groups is 1. The number of likely N-dealkylation sites (N-methyl/N-ethyl adjacent to an activating group) is 1. The molecule has 2 fully saturated rings. The number of carbonyl (C=O) groups excluding carboxylic acids is 1.